The molecule has 1 N–H and O–H groups in total. The Balaban J connectivity index is 1.73. The van der Waals surface area contributed by atoms with Crippen LogP contribution in [0.1, 0.15) is 36.0 Å². The molecule has 0 aliphatic rings. The molecule has 2 aromatic rings. The highest BCUT2D eigenvalue weighted by Crippen LogP contribution is 2.27. The number of unbranched alkanes of at least 4 members (excludes halogenated alkanes) is 1. The topological polar surface area (TPSA) is 81.7 Å². The third kappa shape index (κ3) is 7.04. The van der Waals surface area contributed by atoms with Crippen molar-refractivity contribution in [3.63, 3.8) is 0 Å². The zero-order chi connectivity index (χ0) is 20.4. The van der Waals surface area contributed by atoms with Gasteiger partial charge < -0.3 is 14.8 Å². The highest BCUT2D eigenvalue weighted by atomic mass is 35.5. The van der Waals surface area contributed by atoms with Crippen LogP contribution in [-0.4, -0.2) is 31.4 Å². The molecule has 2 aromatic carbocycles. The molecule has 0 atom stereocenters. The summed E-state index contributed by atoms with van der Waals surface area (Å²) in [4.78, 5) is 35.1. The Morgan fingerprint density at radius 1 is 1.00 bits per heavy atom. The van der Waals surface area contributed by atoms with Crippen LogP contribution in [0.2, 0.25) is 5.02 Å². The van der Waals surface area contributed by atoms with Gasteiger partial charge in [0, 0.05) is 24.1 Å². The van der Waals surface area contributed by atoms with Crippen LogP contribution in [0.4, 0.5) is 5.69 Å². The molecule has 0 unspecified atom stereocenters. The van der Waals surface area contributed by atoms with Crippen LogP contribution in [0.15, 0.2) is 48.5 Å². The fourth-order valence-corrected chi connectivity index (χ4v) is 2.69. The first-order valence-electron chi connectivity index (χ1n) is 8.87. The molecule has 0 saturated heterocycles. The van der Waals surface area contributed by atoms with E-state index in [1.54, 1.807) is 30.3 Å². The van der Waals surface area contributed by atoms with Gasteiger partial charge in [-0.15, -0.1) is 0 Å². The van der Waals surface area contributed by atoms with Gasteiger partial charge in [0.2, 0.25) is 5.91 Å². The second-order valence-corrected chi connectivity index (χ2v) is 6.46. The molecule has 0 saturated carbocycles. The number of carbonyl (C=O) groups is 3. The Labute approximate surface area is 168 Å². The maximum atomic E-state index is 12.0. The van der Waals surface area contributed by atoms with Gasteiger partial charge in [0.05, 0.1) is 12.1 Å². The highest BCUT2D eigenvalue weighted by Gasteiger charge is 2.09. The van der Waals surface area contributed by atoms with Gasteiger partial charge in [-0.05, 0) is 31.0 Å². The Kier molecular flexibility index (Phi) is 8.49. The van der Waals surface area contributed by atoms with Crippen molar-refractivity contribution in [2.45, 2.75) is 25.7 Å². The van der Waals surface area contributed by atoms with Crippen molar-refractivity contribution in [2.24, 2.45) is 0 Å². The number of methoxy groups -OCH3 is 1. The molecule has 0 bridgehead atoms. The van der Waals surface area contributed by atoms with Crippen molar-refractivity contribution in [3.05, 3.63) is 59.1 Å². The number of amides is 1. The first-order valence-corrected chi connectivity index (χ1v) is 9.24. The average molecular weight is 404 g/mol. The summed E-state index contributed by atoms with van der Waals surface area (Å²) < 4.78 is 9.73. The number of hydrogen-bond acceptors (Lipinski definition) is 5. The number of Topliss-reactive ketones (excluding diaryl/α,β-unsaturated/α-hetero) is 1. The zero-order valence-electron chi connectivity index (χ0n) is 15.6. The number of halogens is 1. The lowest BCUT2D eigenvalue weighted by Crippen LogP contribution is -2.13. The lowest BCUT2D eigenvalue weighted by molar-refractivity contribution is -0.142. The number of hydrogen-bond donors (Lipinski definition) is 1. The summed E-state index contributed by atoms with van der Waals surface area (Å²) in [6.07, 6.45) is 1.97. The normalized spacial score (nSPS) is 10.2. The van der Waals surface area contributed by atoms with Gasteiger partial charge in [-0.3, -0.25) is 9.59 Å². The minimum absolute atomic E-state index is 0.0790. The zero-order valence-corrected chi connectivity index (χ0v) is 16.3. The van der Waals surface area contributed by atoms with Crippen molar-refractivity contribution in [2.75, 3.05) is 19.0 Å². The molecule has 1 amide bonds. The Morgan fingerprint density at radius 3 is 2.39 bits per heavy atom. The van der Waals surface area contributed by atoms with E-state index in [0.29, 0.717) is 42.7 Å². The van der Waals surface area contributed by atoms with E-state index in [4.69, 9.17) is 16.3 Å². The molecule has 148 valence electrons. The first kappa shape index (κ1) is 21.4. The predicted octanol–water partition coefficient (Wildman–Crippen LogP) is 4.27. The molecule has 0 radical (unpaired) electrons. The maximum Gasteiger partial charge on any atom is 0.343 e. The lowest BCUT2D eigenvalue weighted by Gasteiger charge is -2.10. The second kappa shape index (κ2) is 11.1. The summed E-state index contributed by atoms with van der Waals surface area (Å²) in [7, 11) is 1.27. The van der Waals surface area contributed by atoms with E-state index in [-0.39, 0.29) is 23.3 Å². The van der Waals surface area contributed by atoms with E-state index < -0.39 is 5.97 Å². The van der Waals surface area contributed by atoms with Gasteiger partial charge in [-0.2, -0.15) is 0 Å². The van der Waals surface area contributed by atoms with Crippen LogP contribution in [0.25, 0.3) is 0 Å². The molecule has 0 fully saturated rings. The number of ketones is 1. The second-order valence-electron chi connectivity index (χ2n) is 6.05. The Bertz CT molecular complexity index is 823. The van der Waals surface area contributed by atoms with Gasteiger partial charge in [0.1, 0.15) is 5.75 Å². The smallest absolute Gasteiger partial charge is 0.343 e. The summed E-state index contributed by atoms with van der Waals surface area (Å²) in [5, 5.41) is 3.02. The highest BCUT2D eigenvalue weighted by molar-refractivity contribution is 6.32. The molecule has 0 aromatic heterocycles. The van der Waals surface area contributed by atoms with Crippen LogP contribution in [-0.2, 0) is 14.3 Å². The Hall–Kier alpha value is -2.86. The maximum absolute atomic E-state index is 12.0. The van der Waals surface area contributed by atoms with Crippen LogP contribution in [0.5, 0.6) is 5.75 Å². The molecular weight excluding hydrogens is 382 g/mol. The van der Waals surface area contributed by atoms with Crippen molar-refractivity contribution < 1.29 is 23.9 Å². The van der Waals surface area contributed by atoms with E-state index >= 15 is 0 Å². The average Bonchev–Trinajstić information content (AvgIpc) is 2.70. The van der Waals surface area contributed by atoms with Crippen molar-refractivity contribution in [1.82, 2.24) is 0 Å². The van der Waals surface area contributed by atoms with Gasteiger partial charge in [0.15, 0.2) is 12.4 Å². The van der Waals surface area contributed by atoms with Crippen molar-refractivity contribution >= 4 is 34.9 Å². The van der Waals surface area contributed by atoms with Crippen LogP contribution in [0.3, 0.4) is 0 Å². The van der Waals surface area contributed by atoms with Gasteiger partial charge in [0.25, 0.3) is 0 Å². The fraction of sp³-hybridized carbons (Fsp3) is 0.286. The van der Waals surface area contributed by atoms with Crippen LogP contribution in [0, 0.1) is 0 Å². The third-order valence-corrected chi connectivity index (χ3v) is 4.24. The predicted molar refractivity (Wildman–Crippen MR) is 107 cm³/mol. The third-order valence-electron chi connectivity index (χ3n) is 3.94. The Morgan fingerprint density at radius 2 is 1.71 bits per heavy atom. The van der Waals surface area contributed by atoms with Crippen molar-refractivity contribution in [3.8, 4) is 5.75 Å². The molecule has 2 rings (SSSR count). The fourth-order valence-electron chi connectivity index (χ4n) is 2.45. The molecule has 0 aliphatic heterocycles. The molecule has 7 heteroatoms. The number of benzene rings is 2. The summed E-state index contributed by atoms with van der Waals surface area (Å²) >= 11 is 6.09. The molecule has 28 heavy (non-hydrogen) atoms. The number of rotatable bonds is 10. The summed E-state index contributed by atoms with van der Waals surface area (Å²) in [5.74, 6) is -0.273. The van der Waals surface area contributed by atoms with Crippen LogP contribution < -0.4 is 10.1 Å². The summed E-state index contributed by atoms with van der Waals surface area (Å²) in [6, 6.07) is 13.9. The number of esters is 1. The monoisotopic (exact) mass is 403 g/mol. The van der Waals surface area contributed by atoms with E-state index in [9.17, 15) is 14.4 Å². The lowest BCUT2D eigenvalue weighted by atomic mass is 10.0. The minimum Gasteiger partial charge on any atom is -0.480 e. The van der Waals surface area contributed by atoms with Gasteiger partial charge in [-0.25, -0.2) is 4.79 Å². The molecular formula is C21H22ClNO5. The summed E-state index contributed by atoms with van der Waals surface area (Å²) in [5.41, 5.74) is 1.22. The number of ether oxygens (including phenoxy) is 2. The van der Waals surface area contributed by atoms with Gasteiger partial charge >= 0.3 is 5.97 Å². The molecule has 0 spiro atoms. The van der Waals surface area contributed by atoms with Gasteiger partial charge in [-0.1, -0.05) is 41.9 Å². The van der Waals surface area contributed by atoms with E-state index in [1.807, 2.05) is 18.2 Å². The number of anilines is 1. The van der Waals surface area contributed by atoms with E-state index in [0.717, 1.165) is 0 Å². The first-order chi connectivity index (χ1) is 13.5. The van der Waals surface area contributed by atoms with Crippen LogP contribution >= 0.6 is 11.6 Å². The molecule has 0 aliphatic carbocycles. The van der Waals surface area contributed by atoms with Crippen molar-refractivity contribution in [1.29, 1.82) is 0 Å². The quantitative estimate of drug-likeness (QED) is 0.364. The van der Waals surface area contributed by atoms with E-state index in [2.05, 4.69) is 10.1 Å². The number of carbonyl (C=O) groups excluding carboxylic acids is 3. The SMILES string of the molecule is COC(=O)COc1ccc(NC(=O)CCCCC(=O)c2ccccc2)cc1Cl. The number of nitrogens with one attached hydrogen (secondary N) is 1. The standard InChI is InChI=1S/C21H22ClNO5/c1-27-21(26)14-28-19-12-11-16(13-17(19)22)23-20(25)10-6-5-9-18(24)15-7-3-2-4-8-15/h2-4,7-8,11-13H,5-6,9-10,14H2,1H3,(H,23,25). The minimum atomic E-state index is -0.515. The molecule has 0 heterocycles. The molecule has 6 nitrogen and oxygen atoms in total. The summed E-state index contributed by atoms with van der Waals surface area (Å²) in [6.45, 7) is -0.246. The largest absolute Gasteiger partial charge is 0.480 e. The van der Waals surface area contributed by atoms with E-state index in [1.165, 1.54) is 7.11 Å².